The second-order valence-corrected chi connectivity index (χ2v) is 2.74. The fraction of sp³-hybridized carbons (Fsp3) is 0. The van der Waals surface area contributed by atoms with Crippen LogP contribution < -0.4 is 0 Å². The van der Waals surface area contributed by atoms with Crippen LogP contribution in [-0.4, -0.2) is 9.97 Å². The molecule has 6 heteroatoms. The van der Waals surface area contributed by atoms with Crippen molar-refractivity contribution in [1.82, 2.24) is 9.97 Å². The number of rotatable bonds is 0. The summed E-state index contributed by atoms with van der Waals surface area (Å²) < 4.78 is 8.14. The van der Waals surface area contributed by atoms with E-state index in [0.29, 0.717) is 5.65 Å². The van der Waals surface area contributed by atoms with Gasteiger partial charge in [-0.05, 0) is 10.7 Å². The number of hydrogen-bond acceptors (Lipinski definition) is 1. The second-order valence-electron chi connectivity index (χ2n) is 1.89. The first-order valence-electron chi connectivity index (χ1n) is 3.29. The maximum absolute atomic E-state index is 7.21. The Morgan fingerprint density at radius 1 is 1.46 bits per heavy atom. The number of aromatic nitrogens is 2. The predicted molar refractivity (Wildman–Crippen MR) is 42.6 cm³/mol. The van der Waals surface area contributed by atoms with Crippen LogP contribution in [0.3, 0.4) is 0 Å². The van der Waals surface area contributed by atoms with Crippen LogP contribution in [0, 0.1) is 6.07 Å². The number of aromatic amines is 1. The molecule has 0 aliphatic rings. The topological polar surface area (TPSA) is 28.7 Å². The van der Waals surface area contributed by atoms with Gasteiger partial charge in [-0.2, -0.15) is 0 Å². The average Bonchev–Trinajstić information content (AvgIpc) is 2.32. The van der Waals surface area contributed by atoms with E-state index in [0.717, 1.165) is 9.86 Å². The SMILES string of the molecule is [3H]c1c[c-]c2c(Br)c[nH]c2n1.[W].[W].[W]. The van der Waals surface area contributed by atoms with E-state index < -0.39 is 0 Å². The van der Waals surface area contributed by atoms with Crippen LogP contribution in [0.25, 0.3) is 11.0 Å². The van der Waals surface area contributed by atoms with Crippen LogP contribution in [0.4, 0.5) is 0 Å². The van der Waals surface area contributed by atoms with Gasteiger partial charge in [0, 0.05) is 70.2 Å². The van der Waals surface area contributed by atoms with Crippen molar-refractivity contribution in [1.29, 1.82) is 0 Å². The Morgan fingerprint density at radius 3 is 2.85 bits per heavy atom. The summed E-state index contributed by atoms with van der Waals surface area (Å²) in [5.41, 5.74) is 0.698. The molecule has 0 saturated carbocycles. The Labute approximate surface area is 129 Å². The summed E-state index contributed by atoms with van der Waals surface area (Å²) in [6.07, 6.45) is 2.01. The molecule has 0 fully saturated rings. The van der Waals surface area contributed by atoms with Crippen LogP contribution >= 0.6 is 15.9 Å². The van der Waals surface area contributed by atoms with E-state index in [1.54, 1.807) is 12.3 Å². The first-order valence-corrected chi connectivity index (χ1v) is 3.58. The van der Waals surface area contributed by atoms with Crippen molar-refractivity contribution in [2.45, 2.75) is 0 Å². The van der Waals surface area contributed by atoms with Crippen molar-refractivity contribution in [3.05, 3.63) is 29.0 Å². The van der Waals surface area contributed by atoms with E-state index in [2.05, 4.69) is 32.0 Å². The third kappa shape index (κ3) is 3.70. The van der Waals surface area contributed by atoms with Gasteiger partial charge in [0.15, 0.2) is 0 Å². The zero-order valence-electron chi connectivity index (χ0n) is 7.20. The minimum Gasteiger partial charge on any atom is -0.393 e. The molecule has 2 heterocycles. The second kappa shape index (κ2) is 7.52. The Hall–Kier alpha value is 1.23. The minimum atomic E-state index is 0. The molecule has 2 nitrogen and oxygen atoms in total. The fourth-order valence-electron chi connectivity index (χ4n) is 0.816. The van der Waals surface area contributed by atoms with Crippen LogP contribution in [0.2, 0.25) is 0 Å². The Morgan fingerprint density at radius 2 is 2.15 bits per heavy atom. The molecule has 0 unspecified atom stereocenters. The normalized spacial score (nSPS) is 9.15. The molecule has 0 atom stereocenters. The van der Waals surface area contributed by atoms with E-state index in [1.165, 1.54) is 0 Å². The van der Waals surface area contributed by atoms with E-state index >= 15 is 0 Å². The number of fused-ring (bicyclic) bond motifs is 1. The van der Waals surface area contributed by atoms with Gasteiger partial charge >= 0.3 is 0 Å². The molecule has 68 valence electrons. The average molecular weight is 750 g/mol. The Bertz CT molecular complexity index is 407. The molecule has 0 spiro atoms. The summed E-state index contributed by atoms with van der Waals surface area (Å²) in [7, 11) is 0. The molecule has 0 amide bonds. The first-order chi connectivity index (χ1) is 5.27. The molecule has 0 aromatic carbocycles. The van der Waals surface area contributed by atoms with Crippen molar-refractivity contribution in [3.8, 4) is 0 Å². The van der Waals surface area contributed by atoms with Gasteiger partial charge in [0.25, 0.3) is 0 Å². The number of pyridine rings is 1. The standard InChI is InChI=1S/C7H4BrN2.3W/c8-6-4-10-7-5(6)2-1-3-9-7;;;/h1,3-4H,(H,9,10);;;/q-1;;;/i3T;;;. The number of hydrogen-bond donors (Lipinski definition) is 1. The molecule has 0 aliphatic carbocycles. The monoisotopic (exact) mass is 749 g/mol. The smallest absolute Gasteiger partial charge is 0.0433 e. The minimum absolute atomic E-state index is 0. The molecule has 0 bridgehead atoms. The summed E-state index contributed by atoms with van der Waals surface area (Å²) in [5.74, 6) is 0. The zero-order chi connectivity index (χ0) is 7.84. The summed E-state index contributed by atoms with van der Waals surface area (Å²) in [4.78, 5) is 6.87. The molecular formula is C7H4BrN2W3-. The largest absolute Gasteiger partial charge is 0.393 e. The van der Waals surface area contributed by atoms with Crippen molar-refractivity contribution >= 4 is 27.0 Å². The van der Waals surface area contributed by atoms with Gasteiger partial charge in [-0.25, -0.2) is 0 Å². The Kier molecular flexibility index (Phi) is 8.23. The summed E-state index contributed by atoms with van der Waals surface area (Å²) in [5, 5.41) is 0.890. The van der Waals surface area contributed by atoms with E-state index in [-0.39, 0.29) is 69.4 Å². The van der Waals surface area contributed by atoms with Gasteiger partial charge in [-0.1, -0.05) is 11.6 Å². The summed E-state index contributed by atoms with van der Waals surface area (Å²) >= 11 is 3.33. The zero-order valence-corrected chi connectivity index (χ0v) is 16.6. The quantitative estimate of drug-likeness (QED) is 0.412. The molecule has 1 N–H and O–H groups in total. The van der Waals surface area contributed by atoms with Crippen molar-refractivity contribution in [2.24, 2.45) is 0 Å². The van der Waals surface area contributed by atoms with Gasteiger partial charge in [-0.15, -0.1) is 28.1 Å². The van der Waals surface area contributed by atoms with Crippen LogP contribution in [0.1, 0.15) is 1.37 Å². The molecule has 2 rings (SSSR count). The number of H-pyrrole nitrogens is 1. The van der Waals surface area contributed by atoms with Gasteiger partial charge in [0.1, 0.15) is 0 Å². The third-order valence-electron chi connectivity index (χ3n) is 1.27. The number of halogens is 1. The molecule has 13 heavy (non-hydrogen) atoms. The van der Waals surface area contributed by atoms with Crippen LogP contribution in [-0.2, 0) is 63.2 Å². The molecule has 0 aliphatic heterocycles. The first kappa shape index (κ1) is 14.2. The predicted octanol–water partition coefficient (Wildman–Crippen LogP) is 2.12. The van der Waals surface area contributed by atoms with Gasteiger partial charge in [-0.3, -0.25) is 0 Å². The fourth-order valence-corrected chi connectivity index (χ4v) is 1.23. The van der Waals surface area contributed by atoms with Gasteiger partial charge < -0.3 is 9.97 Å². The van der Waals surface area contributed by atoms with Crippen LogP contribution in [0.15, 0.2) is 22.9 Å². The maximum atomic E-state index is 7.21. The number of nitrogens with zero attached hydrogens (tertiary/aromatic N) is 1. The van der Waals surface area contributed by atoms with Crippen molar-refractivity contribution in [2.75, 3.05) is 0 Å². The van der Waals surface area contributed by atoms with Crippen molar-refractivity contribution in [3.63, 3.8) is 0 Å². The molecule has 2 aromatic rings. The Balaban J connectivity index is 0. The van der Waals surface area contributed by atoms with Crippen LogP contribution in [0.5, 0.6) is 0 Å². The molecule has 0 saturated heterocycles. The molecular weight excluding hydrogens is 744 g/mol. The molecule has 0 radical (unpaired) electrons. The maximum Gasteiger partial charge on any atom is 0.0433 e. The van der Waals surface area contributed by atoms with E-state index in [4.69, 9.17) is 1.37 Å². The number of nitrogens with one attached hydrogen (secondary N) is 1. The van der Waals surface area contributed by atoms with E-state index in [9.17, 15) is 0 Å². The van der Waals surface area contributed by atoms with Gasteiger partial charge in [0.2, 0.25) is 0 Å². The van der Waals surface area contributed by atoms with Crippen molar-refractivity contribution < 1.29 is 64.6 Å². The third-order valence-corrected chi connectivity index (χ3v) is 1.89. The van der Waals surface area contributed by atoms with E-state index in [1.807, 2.05) is 0 Å². The summed E-state index contributed by atoms with van der Waals surface area (Å²) in [6, 6.07) is 4.48. The van der Waals surface area contributed by atoms with Gasteiger partial charge in [0.05, 0.1) is 0 Å². The molecule has 2 aromatic heterocycles. The summed E-state index contributed by atoms with van der Waals surface area (Å²) in [6.45, 7) is 0.